The first-order valence-electron chi connectivity index (χ1n) is 9.90. The predicted octanol–water partition coefficient (Wildman–Crippen LogP) is 5.51. The average Bonchev–Trinajstić information content (AvgIpc) is 3.07. The van der Waals surface area contributed by atoms with Gasteiger partial charge in [0.05, 0.1) is 55.2 Å². The van der Waals surface area contributed by atoms with Crippen molar-refractivity contribution in [3.63, 3.8) is 0 Å². The molecule has 0 bridgehead atoms. The summed E-state index contributed by atoms with van der Waals surface area (Å²) in [5.41, 5.74) is 2.81. The van der Waals surface area contributed by atoms with Crippen LogP contribution in [0.2, 0.25) is 0 Å². The van der Waals surface area contributed by atoms with Crippen LogP contribution >= 0.6 is 23.7 Å². The van der Waals surface area contributed by atoms with Crippen LogP contribution in [-0.2, 0) is 4.74 Å². The number of fused-ring (bicyclic) bond motifs is 1. The fourth-order valence-electron chi connectivity index (χ4n) is 3.22. The Morgan fingerprint density at radius 2 is 1.97 bits per heavy atom. The monoisotopic (exact) mass is 463 g/mol. The third kappa shape index (κ3) is 4.73. The quantitative estimate of drug-likeness (QED) is 0.366. The van der Waals surface area contributed by atoms with Gasteiger partial charge in [0.1, 0.15) is 11.4 Å². The summed E-state index contributed by atoms with van der Waals surface area (Å²) in [5, 5.41) is 0.344. The molecule has 1 saturated heterocycles. The van der Waals surface area contributed by atoms with Crippen molar-refractivity contribution in [2.45, 2.75) is 35.7 Å². The van der Waals surface area contributed by atoms with Crippen LogP contribution in [0, 0.1) is 5.82 Å². The van der Waals surface area contributed by atoms with Gasteiger partial charge in [-0.05, 0) is 24.1 Å². The van der Waals surface area contributed by atoms with Crippen molar-refractivity contribution in [2.24, 2.45) is 0 Å². The van der Waals surface area contributed by atoms with Gasteiger partial charge in [-0.25, -0.2) is 9.37 Å². The smallest absolute Gasteiger partial charge is 0.178 e. The van der Waals surface area contributed by atoms with Gasteiger partial charge < -0.3 is 18.9 Å². The zero-order chi connectivity index (χ0) is 22.2. The van der Waals surface area contributed by atoms with Gasteiger partial charge in [0.25, 0.3) is 0 Å². The van der Waals surface area contributed by atoms with Crippen molar-refractivity contribution in [2.75, 3.05) is 32.2 Å². The SMILES string of the molecule is COc1cc2ncc(-c3cc(F)c(OC)c(NSC4COC4)c3)n2cc1SC(C)(C)C. The number of benzene rings is 1. The fraction of sp³-hybridized carbons (Fsp3) is 0.409. The molecule has 1 aliphatic rings. The highest BCUT2D eigenvalue weighted by Crippen LogP contribution is 2.40. The van der Waals surface area contributed by atoms with Gasteiger partial charge in [-0.2, -0.15) is 0 Å². The van der Waals surface area contributed by atoms with E-state index in [1.165, 1.54) is 25.1 Å². The van der Waals surface area contributed by atoms with Crippen LogP contribution in [0.25, 0.3) is 16.9 Å². The van der Waals surface area contributed by atoms with Crippen LogP contribution < -0.4 is 14.2 Å². The van der Waals surface area contributed by atoms with Crippen LogP contribution in [0.15, 0.2) is 35.5 Å². The van der Waals surface area contributed by atoms with E-state index in [1.807, 2.05) is 22.7 Å². The second kappa shape index (κ2) is 8.80. The number of imidazole rings is 1. The lowest BCUT2D eigenvalue weighted by atomic mass is 10.1. The molecular formula is C22H26FN3O3S2. The Hall–Kier alpha value is -2.10. The Bertz CT molecular complexity index is 1090. The molecule has 9 heteroatoms. The Morgan fingerprint density at radius 3 is 2.58 bits per heavy atom. The highest BCUT2D eigenvalue weighted by atomic mass is 32.2. The van der Waals surface area contributed by atoms with E-state index in [1.54, 1.807) is 25.1 Å². The molecule has 0 saturated carbocycles. The van der Waals surface area contributed by atoms with Crippen molar-refractivity contribution >= 4 is 35.0 Å². The number of thioether (sulfide) groups is 1. The summed E-state index contributed by atoms with van der Waals surface area (Å²) in [6, 6.07) is 5.27. The molecule has 0 radical (unpaired) electrons. The summed E-state index contributed by atoms with van der Waals surface area (Å²) >= 11 is 3.23. The molecule has 0 unspecified atom stereocenters. The summed E-state index contributed by atoms with van der Waals surface area (Å²) < 4.78 is 36.2. The van der Waals surface area contributed by atoms with Gasteiger partial charge in [-0.3, -0.25) is 4.40 Å². The number of rotatable bonds is 7. The van der Waals surface area contributed by atoms with E-state index in [9.17, 15) is 4.39 Å². The molecule has 1 N–H and O–H groups in total. The molecule has 0 aliphatic carbocycles. The maximum atomic E-state index is 14.9. The Morgan fingerprint density at radius 1 is 1.19 bits per heavy atom. The number of nitrogens with zero attached hydrogens (tertiary/aromatic N) is 2. The lowest BCUT2D eigenvalue weighted by Gasteiger charge is -2.25. The van der Waals surface area contributed by atoms with E-state index < -0.39 is 5.82 Å². The van der Waals surface area contributed by atoms with Crippen LogP contribution in [-0.4, -0.2) is 46.8 Å². The summed E-state index contributed by atoms with van der Waals surface area (Å²) in [5.74, 6) is 0.531. The minimum Gasteiger partial charge on any atom is -0.495 e. The van der Waals surface area contributed by atoms with Gasteiger partial charge in [-0.15, -0.1) is 11.8 Å². The van der Waals surface area contributed by atoms with Gasteiger partial charge in [0.2, 0.25) is 0 Å². The molecule has 1 aromatic carbocycles. The number of methoxy groups -OCH3 is 2. The highest BCUT2D eigenvalue weighted by Gasteiger charge is 2.22. The standard InChI is InChI=1S/C22H26FN3O3S2/c1-22(2,3)30-19-10-26-17(9-24-20(26)8-18(19)27-4)13-6-15(23)21(28-5)16(7-13)25-31-14-11-29-12-14/h6-10,14,25H,11-12H2,1-5H3. The summed E-state index contributed by atoms with van der Waals surface area (Å²) in [4.78, 5) is 5.51. The first kappa shape index (κ1) is 22.1. The van der Waals surface area contributed by atoms with Crippen molar-refractivity contribution in [1.29, 1.82) is 0 Å². The topological polar surface area (TPSA) is 57.0 Å². The highest BCUT2D eigenvalue weighted by molar-refractivity contribution is 8.01. The molecule has 31 heavy (non-hydrogen) atoms. The fourth-order valence-corrected chi connectivity index (χ4v) is 5.05. The molecule has 0 amide bonds. The Kier molecular flexibility index (Phi) is 6.27. The van der Waals surface area contributed by atoms with Crippen molar-refractivity contribution in [3.8, 4) is 22.8 Å². The molecule has 2 aromatic heterocycles. The van der Waals surface area contributed by atoms with Crippen molar-refractivity contribution in [3.05, 3.63) is 36.4 Å². The number of halogens is 1. The Labute approximate surface area is 190 Å². The molecule has 1 aliphatic heterocycles. The zero-order valence-corrected chi connectivity index (χ0v) is 19.8. The second-order valence-corrected chi connectivity index (χ2v) is 11.2. The number of ether oxygens (including phenoxy) is 3. The van der Waals surface area contributed by atoms with Gasteiger partial charge >= 0.3 is 0 Å². The lowest BCUT2D eigenvalue weighted by Crippen LogP contribution is -2.31. The largest absolute Gasteiger partial charge is 0.495 e. The maximum absolute atomic E-state index is 14.9. The predicted molar refractivity (Wildman–Crippen MR) is 125 cm³/mol. The molecule has 1 fully saturated rings. The molecule has 3 heterocycles. The summed E-state index contributed by atoms with van der Waals surface area (Å²) in [7, 11) is 3.13. The number of aromatic nitrogens is 2. The van der Waals surface area contributed by atoms with Crippen LogP contribution in [0.1, 0.15) is 20.8 Å². The minimum atomic E-state index is -0.430. The van der Waals surface area contributed by atoms with Crippen molar-refractivity contribution in [1.82, 2.24) is 9.38 Å². The number of pyridine rings is 1. The molecule has 0 spiro atoms. The van der Waals surface area contributed by atoms with Crippen LogP contribution in [0.4, 0.5) is 10.1 Å². The van der Waals surface area contributed by atoms with E-state index in [4.69, 9.17) is 14.2 Å². The van der Waals surface area contributed by atoms with E-state index in [0.717, 1.165) is 22.0 Å². The van der Waals surface area contributed by atoms with E-state index in [-0.39, 0.29) is 10.5 Å². The second-order valence-electron chi connectivity index (χ2n) is 8.21. The van der Waals surface area contributed by atoms with Gasteiger partial charge in [-0.1, -0.05) is 20.8 Å². The van der Waals surface area contributed by atoms with Crippen LogP contribution in [0.3, 0.4) is 0 Å². The first-order chi connectivity index (χ1) is 14.8. The molecular weight excluding hydrogens is 437 g/mol. The lowest BCUT2D eigenvalue weighted by molar-refractivity contribution is 0.0457. The molecule has 4 rings (SSSR count). The summed E-state index contributed by atoms with van der Waals surface area (Å²) in [6.45, 7) is 7.82. The third-order valence-electron chi connectivity index (χ3n) is 4.70. The van der Waals surface area contributed by atoms with E-state index >= 15 is 0 Å². The maximum Gasteiger partial charge on any atom is 0.178 e. The normalized spacial score (nSPS) is 14.5. The minimum absolute atomic E-state index is 0.00741. The molecule has 0 atom stereocenters. The van der Waals surface area contributed by atoms with Gasteiger partial charge in [0.15, 0.2) is 11.6 Å². The number of hydrogen-bond acceptors (Lipinski definition) is 7. The number of hydrogen-bond donors (Lipinski definition) is 1. The first-order valence-corrected chi connectivity index (χ1v) is 11.6. The summed E-state index contributed by atoms with van der Waals surface area (Å²) in [6.07, 6.45) is 3.75. The van der Waals surface area contributed by atoms with E-state index in [2.05, 4.69) is 30.5 Å². The molecule has 166 valence electrons. The number of nitrogens with one attached hydrogen (secondary N) is 1. The Balaban J connectivity index is 1.76. The van der Waals surface area contributed by atoms with Crippen LogP contribution in [0.5, 0.6) is 11.5 Å². The number of anilines is 1. The third-order valence-corrected chi connectivity index (χ3v) is 6.78. The van der Waals surface area contributed by atoms with Crippen molar-refractivity contribution < 1.29 is 18.6 Å². The molecule has 6 nitrogen and oxygen atoms in total. The zero-order valence-electron chi connectivity index (χ0n) is 18.2. The molecule has 3 aromatic rings. The average molecular weight is 464 g/mol. The van der Waals surface area contributed by atoms with Gasteiger partial charge in [0, 0.05) is 22.6 Å². The van der Waals surface area contributed by atoms with E-state index in [0.29, 0.717) is 29.7 Å².